The minimum absolute atomic E-state index is 0.0909. The van der Waals surface area contributed by atoms with Crippen molar-refractivity contribution < 1.29 is 0 Å². The number of aromatic nitrogens is 3. The molecule has 2 aromatic carbocycles. The molecule has 0 aliphatic rings. The van der Waals surface area contributed by atoms with Gasteiger partial charge in [0.05, 0.1) is 12.2 Å². The molecule has 134 valence electrons. The summed E-state index contributed by atoms with van der Waals surface area (Å²) in [5, 5.41) is 0.828. The highest BCUT2D eigenvalue weighted by atomic mass is 16.1. The van der Waals surface area contributed by atoms with Crippen LogP contribution in [0.5, 0.6) is 0 Å². The smallest absolute Gasteiger partial charge is 0.260 e. The van der Waals surface area contributed by atoms with E-state index in [0.717, 1.165) is 22.2 Å². The summed E-state index contributed by atoms with van der Waals surface area (Å²) in [5.74, 6) is 0.171. The summed E-state index contributed by atoms with van der Waals surface area (Å²) < 4.78 is 1.69. The summed E-state index contributed by atoms with van der Waals surface area (Å²) in [5.41, 5.74) is 10.8. The summed E-state index contributed by atoms with van der Waals surface area (Å²) in [6, 6.07) is 19.7. The maximum atomic E-state index is 13.3. The molecule has 4 aromatic rings. The Labute approximate surface area is 157 Å². The Bertz CT molecular complexity index is 1180. The average molecular weight is 356 g/mol. The van der Waals surface area contributed by atoms with E-state index in [0.29, 0.717) is 17.8 Å². The van der Waals surface area contributed by atoms with Crippen molar-refractivity contribution in [2.24, 2.45) is 0 Å². The molecular weight excluding hydrogens is 336 g/mol. The van der Waals surface area contributed by atoms with Gasteiger partial charge >= 0.3 is 0 Å². The summed E-state index contributed by atoms with van der Waals surface area (Å²) in [6.07, 6.45) is 0. The zero-order valence-corrected chi connectivity index (χ0v) is 15.3. The lowest BCUT2D eigenvalue weighted by Crippen LogP contribution is -2.24. The lowest BCUT2D eigenvalue weighted by molar-refractivity contribution is 0.783. The number of hydrogen-bond donors (Lipinski definition) is 1. The summed E-state index contributed by atoms with van der Waals surface area (Å²) in [7, 11) is 0. The van der Waals surface area contributed by atoms with Crippen LogP contribution in [0.4, 0.5) is 5.95 Å². The third-order valence-electron chi connectivity index (χ3n) is 4.70. The zero-order valence-electron chi connectivity index (χ0n) is 15.3. The molecule has 0 bridgehead atoms. The van der Waals surface area contributed by atoms with E-state index in [9.17, 15) is 4.79 Å². The third kappa shape index (κ3) is 3.19. The number of fused-ring (bicyclic) bond motifs is 1. The Balaban J connectivity index is 2.00. The summed E-state index contributed by atoms with van der Waals surface area (Å²) in [6.45, 7) is 4.35. The van der Waals surface area contributed by atoms with Gasteiger partial charge in [0.2, 0.25) is 5.95 Å². The SMILES string of the molecule is Cc1ccc(Cn2c(=O)c(-c3ccccc3)cc3c(C)nc(N)nc32)cc1. The normalized spacial score (nSPS) is 11.0. The van der Waals surface area contributed by atoms with Crippen LogP contribution < -0.4 is 11.3 Å². The van der Waals surface area contributed by atoms with Crippen molar-refractivity contribution in [2.75, 3.05) is 5.73 Å². The second kappa shape index (κ2) is 6.68. The van der Waals surface area contributed by atoms with E-state index in [4.69, 9.17) is 5.73 Å². The molecule has 0 atom stereocenters. The van der Waals surface area contributed by atoms with Gasteiger partial charge in [0.25, 0.3) is 5.56 Å². The Morgan fingerprint density at radius 2 is 1.67 bits per heavy atom. The van der Waals surface area contributed by atoms with Gasteiger partial charge in [-0.25, -0.2) is 4.98 Å². The summed E-state index contributed by atoms with van der Waals surface area (Å²) in [4.78, 5) is 22.0. The number of rotatable bonds is 3. The first-order valence-electron chi connectivity index (χ1n) is 8.81. The zero-order chi connectivity index (χ0) is 19.0. The number of pyridine rings is 1. The van der Waals surface area contributed by atoms with E-state index in [1.54, 1.807) is 4.57 Å². The van der Waals surface area contributed by atoms with E-state index < -0.39 is 0 Å². The van der Waals surface area contributed by atoms with E-state index in [1.165, 1.54) is 5.56 Å². The van der Waals surface area contributed by atoms with Crippen LogP contribution in [0.15, 0.2) is 65.5 Å². The first kappa shape index (κ1) is 17.0. The highest BCUT2D eigenvalue weighted by Crippen LogP contribution is 2.23. The van der Waals surface area contributed by atoms with Crippen molar-refractivity contribution in [3.05, 3.63) is 87.8 Å². The Kier molecular flexibility index (Phi) is 4.20. The molecule has 5 nitrogen and oxygen atoms in total. The molecule has 0 saturated carbocycles. The number of nitrogens with zero attached hydrogens (tertiary/aromatic N) is 3. The average Bonchev–Trinajstić information content (AvgIpc) is 2.66. The molecule has 2 N–H and O–H groups in total. The molecule has 2 aromatic heterocycles. The number of anilines is 1. The van der Waals surface area contributed by atoms with Crippen LogP contribution >= 0.6 is 0 Å². The highest BCUT2D eigenvalue weighted by Gasteiger charge is 2.15. The molecule has 0 aliphatic carbocycles. The molecule has 0 saturated heterocycles. The van der Waals surface area contributed by atoms with E-state index >= 15 is 0 Å². The van der Waals surface area contributed by atoms with Crippen LogP contribution in [-0.2, 0) is 6.54 Å². The highest BCUT2D eigenvalue weighted by molar-refractivity contribution is 5.84. The van der Waals surface area contributed by atoms with Crippen molar-refractivity contribution in [3.63, 3.8) is 0 Å². The van der Waals surface area contributed by atoms with Crippen molar-refractivity contribution in [1.29, 1.82) is 0 Å². The minimum Gasteiger partial charge on any atom is -0.368 e. The van der Waals surface area contributed by atoms with Gasteiger partial charge in [-0.3, -0.25) is 9.36 Å². The van der Waals surface area contributed by atoms with E-state index in [-0.39, 0.29) is 11.5 Å². The van der Waals surface area contributed by atoms with Crippen molar-refractivity contribution in [1.82, 2.24) is 14.5 Å². The maximum Gasteiger partial charge on any atom is 0.260 e. The molecule has 0 unspecified atom stereocenters. The molecule has 0 radical (unpaired) electrons. The first-order valence-corrected chi connectivity index (χ1v) is 8.81. The first-order chi connectivity index (χ1) is 13.0. The quantitative estimate of drug-likeness (QED) is 0.607. The van der Waals surface area contributed by atoms with Gasteiger partial charge in [0, 0.05) is 10.9 Å². The van der Waals surface area contributed by atoms with Crippen LogP contribution in [0.2, 0.25) is 0 Å². The largest absolute Gasteiger partial charge is 0.368 e. The maximum absolute atomic E-state index is 13.3. The molecule has 27 heavy (non-hydrogen) atoms. The fourth-order valence-corrected chi connectivity index (χ4v) is 3.26. The van der Waals surface area contributed by atoms with Gasteiger partial charge in [-0.2, -0.15) is 4.98 Å². The minimum atomic E-state index is -0.0909. The van der Waals surface area contributed by atoms with Crippen LogP contribution in [-0.4, -0.2) is 14.5 Å². The van der Waals surface area contributed by atoms with Crippen LogP contribution in [0, 0.1) is 13.8 Å². The monoisotopic (exact) mass is 356 g/mol. The lowest BCUT2D eigenvalue weighted by atomic mass is 10.0. The third-order valence-corrected chi connectivity index (χ3v) is 4.70. The van der Waals surface area contributed by atoms with E-state index in [2.05, 4.69) is 9.97 Å². The predicted molar refractivity (Wildman–Crippen MR) is 109 cm³/mol. The Hall–Kier alpha value is -3.47. The van der Waals surface area contributed by atoms with Gasteiger partial charge in [0.15, 0.2) is 0 Å². The fraction of sp³-hybridized carbons (Fsp3) is 0.136. The molecule has 5 heteroatoms. The molecular formula is C22H20N4O. The molecule has 4 rings (SSSR count). The van der Waals surface area contributed by atoms with Gasteiger partial charge < -0.3 is 5.73 Å². The molecule has 0 fully saturated rings. The summed E-state index contributed by atoms with van der Waals surface area (Å²) >= 11 is 0. The number of nitrogen functional groups attached to an aromatic ring is 1. The number of nitrogens with two attached hydrogens (primary N) is 1. The standard InChI is InChI=1S/C22H20N4O/c1-14-8-10-16(11-9-14)13-26-20-18(15(2)24-22(23)25-20)12-19(21(26)27)17-6-4-3-5-7-17/h3-12H,13H2,1-2H3,(H2,23,24,25). The van der Waals surface area contributed by atoms with Crippen molar-refractivity contribution >= 4 is 17.0 Å². The fourth-order valence-electron chi connectivity index (χ4n) is 3.26. The molecule has 0 aliphatic heterocycles. The lowest BCUT2D eigenvalue weighted by Gasteiger charge is -2.14. The topological polar surface area (TPSA) is 73.8 Å². The van der Waals surface area contributed by atoms with Crippen LogP contribution in [0.3, 0.4) is 0 Å². The number of benzene rings is 2. The second-order valence-corrected chi connectivity index (χ2v) is 6.71. The number of hydrogen-bond acceptors (Lipinski definition) is 4. The van der Waals surface area contributed by atoms with E-state index in [1.807, 2.05) is 74.5 Å². The predicted octanol–water partition coefficient (Wildman–Crippen LogP) is 3.71. The van der Waals surface area contributed by atoms with Gasteiger partial charge in [-0.1, -0.05) is 60.2 Å². The molecule has 2 heterocycles. The van der Waals surface area contributed by atoms with Crippen LogP contribution in [0.25, 0.3) is 22.2 Å². The molecule has 0 spiro atoms. The van der Waals surface area contributed by atoms with Crippen molar-refractivity contribution in [3.8, 4) is 11.1 Å². The van der Waals surface area contributed by atoms with Gasteiger partial charge in [0.1, 0.15) is 5.65 Å². The Morgan fingerprint density at radius 1 is 0.963 bits per heavy atom. The second-order valence-electron chi connectivity index (χ2n) is 6.71. The van der Waals surface area contributed by atoms with Crippen molar-refractivity contribution in [2.45, 2.75) is 20.4 Å². The molecule has 0 amide bonds. The van der Waals surface area contributed by atoms with Gasteiger partial charge in [-0.15, -0.1) is 0 Å². The van der Waals surface area contributed by atoms with Crippen LogP contribution in [0.1, 0.15) is 16.8 Å². The number of aryl methyl sites for hydroxylation is 2. The van der Waals surface area contributed by atoms with Gasteiger partial charge in [-0.05, 0) is 31.0 Å². The Morgan fingerprint density at radius 3 is 2.37 bits per heavy atom.